The molecule has 0 spiro atoms. The van der Waals surface area contributed by atoms with Crippen molar-refractivity contribution in [2.75, 3.05) is 23.4 Å². The molecule has 19 heavy (non-hydrogen) atoms. The van der Waals surface area contributed by atoms with E-state index in [1.165, 1.54) is 0 Å². The Labute approximate surface area is 113 Å². The number of rotatable bonds is 5. The van der Waals surface area contributed by atoms with Crippen LogP contribution in [0.15, 0.2) is 24.3 Å². The largest absolute Gasteiger partial charge is 0.356 e. The third kappa shape index (κ3) is 2.93. The number of nitrogens with one attached hydrogen (secondary N) is 1. The van der Waals surface area contributed by atoms with Crippen LogP contribution in [0.5, 0.6) is 0 Å². The summed E-state index contributed by atoms with van der Waals surface area (Å²) < 4.78 is 0. The van der Waals surface area contributed by atoms with Crippen LogP contribution >= 0.6 is 0 Å². The predicted octanol–water partition coefficient (Wildman–Crippen LogP) is 2.40. The Morgan fingerprint density at radius 3 is 2.63 bits per heavy atom. The molecule has 0 aliphatic carbocycles. The number of fused-ring (bicyclic) bond motifs is 1. The molecule has 0 radical (unpaired) electrons. The van der Waals surface area contributed by atoms with Gasteiger partial charge < -0.3 is 4.90 Å². The van der Waals surface area contributed by atoms with E-state index in [9.17, 15) is 0 Å². The van der Waals surface area contributed by atoms with E-state index >= 15 is 0 Å². The van der Waals surface area contributed by atoms with Crippen LogP contribution < -0.4 is 16.2 Å². The van der Waals surface area contributed by atoms with Crippen molar-refractivity contribution >= 4 is 22.7 Å². The minimum absolute atomic E-state index is 0.455. The quantitative estimate of drug-likeness (QED) is 0.637. The molecule has 3 N–H and O–H groups in total. The zero-order chi connectivity index (χ0) is 13.8. The molecule has 1 aromatic heterocycles. The van der Waals surface area contributed by atoms with Gasteiger partial charge in [0, 0.05) is 18.5 Å². The molecule has 0 aliphatic heterocycles. The molecule has 0 atom stereocenters. The van der Waals surface area contributed by atoms with Gasteiger partial charge in [-0.2, -0.15) is 4.98 Å². The summed E-state index contributed by atoms with van der Waals surface area (Å²) in [5, 5.41) is 1.06. The average Bonchev–Trinajstić information content (AvgIpc) is 2.43. The lowest BCUT2D eigenvalue weighted by Gasteiger charge is -2.25. The van der Waals surface area contributed by atoms with E-state index in [1.54, 1.807) is 0 Å². The van der Waals surface area contributed by atoms with Gasteiger partial charge in [0.1, 0.15) is 5.82 Å². The minimum atomic E-state index is 0.455. The molecule has 0 aliphatic rings. The number of nitrogens with two attached hydrogens (primary N) is 1. The summed E-state index contributed by atoms with van der Waals surface area (Å²) in [6, 6.07) is 8.00. The number of anilines is 2. The maximum Gasteiger partial charge on any atom is 0.239 e. The summed E-state index contributed by atoms with van der Waals surface area (Å²) in [4.78, 5) is 11.2. The smallest absolute Gasteiger partial charge is 0.239 e. The third-order valence-corrected chi connectivity index (χ3v) is 2.98. The number of nitrogens with zero attached hydrogens (tertiary/aromatic N) is 3. The lowest BCUT2D eigenvalue weighted by Crippen LogP contribution is -2.29. The van der Waals surface area contributed by atoms with Crippen molar-refractivity contribution in [3.63, 3.8) is 0 Å². The molecular formula is C14H21N5. The molecule has 0 saturated carbocycles. The van der Waals surface area contributed by atoms with Gasteiger partial charge in [0.2, 0.25) is 5.95 Å². The summed E-state index contributed by atoms with van der Waals surface area (Å²) >= 11 is 0. The van der Waals surface area contributed by atoms with Crippen molar-refractivity contribution in [3.8, 4) is 0 Å². The fraction of sp³-hybridized carbons (Fsp3) is 0.429. The molecule has 0 unspecified atom stereocenters. The van der Waals surface area contributed by atoms with Gasteiger partial charge in [0.05, 0.1) is 5.52 Å². The Hall–Kier alpha value is -1.88. The highest BCUT2D eigenvalue weighted by atomic mass is 15.3. The van der Waals surface area contributed by atoms with Gasteiger partial charge in [0.15, 0.2) is 0 Å². The van der Waals surface area contributed by atoms with Crippen molar-refractivity contribution in [2.45, 2.75) is 20.8 Å². The Morgan fingerprint density at radius 2 is 2.00 bits per heavy atom. The maximum atomic E-state index is 5.46. The number of hydrazine groups is 1. The minimum Gasteiger partial charge on any atom is -0.356 e. The number of benzene rings is 1. The first-order valence-electron chi connectivity index (χ1n) is 6.64. The van der Waals surface area contributed by atoms with Crippen LogP contribution in [0.2, 0.25) is 0 Å². The Kier molecular flexibility index (Phi) is 4.16. The zero-order valence-electron chi connectivity index (χ0n) is 11.7. The molecule has 2 rings (SSSR count). The SMILES string of the molecule is CCN(CC(C)C)c1nc(NN)nc2ccccc12. The summed E-state index contributed by atoms with van der Waals surface area (Å²) in [6.07, 6.45) is 0. The van der Waals surface area contributed by atoms with Crippen LogP contribution in [-0.4, -0.2) is 23.1 Å². The number of nitrogen functional groups attached to an aromatic ring is 1. The van der Waals surface area contributed by atoms with Crippen LogP contribution in [0.1, 0.15) is 20.8 Å². The molecule has 2 aromatic rings. The standard InChI is InChI=1S/C14H21N5/c1-4-19(9-10(2)3)13-11-7-5-6-8-12(11)16-14(17-13)18-15/h5-8,10H,4,9,15H2,1-3H3,(H,16,17,18). The fourth-order valence-corrected chi connectivity index (χ4v) is 2.17. The molecular weight excluding hydrogens is 238 g/mol. The molecule has 0 bridgehead atoms. The van der Waals surface area contributed by atoms with Gasteiger partial charge in [-0.05, 0) is 25.0 Å². The van der Waals surface area contributed by atoms with Gasteiger partial charge in [-0.25, -0.2) is 10.8 Å². The van der Waals surface area contributed by atoms with Crippen molar-refractivity contribution in [2.24, 2.45) is 11.8 Å². The molecule has 0 saturated heterocycles. The lowest BCUT2D eigenvalue weighted by atomic mass is 10.2. The Balaban J connectivity index is 2.55. The highest BCUT2D eigenvalue weighted by molar-refractivity contribution is 5.90. The second kappa shape index (κ2) is 5.84. The molecule has 1 heterocycles. The van der Waals surface area contributed by atoms with E-state index in [0.717, 1.165) is 29.8 Å². The van der Waals surface area contributed by atoms with E-state index in [-0.39, 0.29) is 0 Å². The third-order valence-electron chi connectivity index (χ3n) is 2.98. The molecule has 5 nitrogen and oxygen atoms in total. The van der Waals surface area contributed by atoms with Crippen molar-refractivity contribution in [1.82, 2.24) is 9.97 Å². The van der Waals surface area contributed by atoms with Crippen molar-refractivity contribution < 1.29 is 0 Å². The highest BCUT2D eigenvalue weighted by Crippen LogP contribution is 2.25. The summed E-state index contributed by atoms with van der Waals surface area (Å²) in [7, 11) is 0. The van der Waals surface area contributed by atoms with Gasteiger partial charge in [-0.15, -0.1) is 0 Å². The molecule has 102 valence electrons. The second-order valence-electron chi connectivity index (χ2n) is 4.96. The average molecular weight is 259 g/mol. The first-order chi connectivity index (χ1) is 9.15. The molecule has 0 fully saturated rings. The second-order valence-corrected chi connectivity index (χ2v) is 4.96. The number of hydrogen-bond acceptors (Lipinski definition) is 5. The lowest BCUT2D eigenvalue weighted by molar-refractivity contribution is 0.615. The number of para-hydroxylation sites is 1. The van der Waals surface area contributed by atoms with Crippen LogP contribution in [-0.2, 0) is 0 Å². The Morgan fingerprint density at radius 1 is 1.26 bits per heavy atom. The van der Waals surface area contributed by atoms with Crippen LogP contribution in [0.3, 0.4) is 0 Å². The first kappa shape index (κ1) is 13.5. The summed E-state index contributed by atoms with van der Waals surface area (Å²) in [6.45, 7) is 8.40. The number of hydrogen-bond donors (Lipinski definition) is 2. The van der Waals surface area contributed by atoms with Crippen LogP contribution in [0, 0.1) is 5.92 Å². The summed E-state index contributed by atoms with van der Waals surface area (Å²) in [5.41, 5.74) is 3.45. The fourth-order valence-electron chi connectivity index (χ4n) is 2.17. The van der Waals surface area contributed by atoms with E-state index in [0.29, 0.717) is 11.9 Å². The predicted molar refractivity (Wildman–Crippen MR) is 80.1 cm³/mol. The van der Waals surface area contributed by atoms with E-state index in [4.69, 9.17) is 5.84 Å². The topological polar surface area (TPSA) is 67.1 Å². The van der Waals surface area contributed by atoms with Gasteiger partial charge in [-0.3, -0.25) is 5.43 Å². The van der Waals surface area contributed by atoms with Gasteiger partial charge >= 0.3 is 0 Å². The molecule has 1 aromatic carbocycles. The van der Waals surface area contributed by atoms with E-state index in [1.807, 2.05) is 24.3 Å². The molecule has 5 heteroatoms. The maximum absolute atomic E-state index is 5.46. The summed E-state index contributed by atoms with van der Waals surface area (Å²) in [5.74, 6) is 7.43. The van der Waals surface area contributed by atoms with E-state index < -0.39 is 0 Å². The van der Waals surface area contributed by atoms with Crippen LogP contribution in [0.4, 0.5) is 11.8 Å². The van der Waals surface area contributed by atoms with Crippen molar-refractivity contribution in [3.05, 3.63) is 24.3 Å². The Bertz CT molecular complexity index is 553. The van der Waals surface area contributed by atoms with Crippen LogP contribution in [0.25, 0.3) is 10.9 Å². The number of aromatic nitrogens is 2. The molecule has 0 amide bonds. The monoisotopic (exact) mass is 259 g/mol. The normalized spacial score (nSPS) is 11.0. The van der Waals surface area contributed by atoms with Gasteiger partial charge in [-0.1, -0.05) is 26.0 Å². The highest BCUT2D eigenvalue weighted by Gasteiger charge is 2.13. The van der Waals surface area contributed by atoms with Crippen molar-refractivity contribution in [1.29, 1.82) is 0 Å². The zero-order valence-corrected chi connectivity index (χ0v) is 11.7. The van der Waals surface area contributed by atoms with E-state index in [2.05, 4.69) is 41.1 Å². The first-order valence-corrected chi connectivity index (χ1v) is 6.64. The van der Waals surface area contributed by atoms with Gasteiger partial charge in [0.25, 0.3) is 0 Å².